The van der Waals surface area contributed by atoms with Gasteiger partial charge in [-0.25, -0.2) is 18.4 Å². The molecule has 0 fully saturated rings. The highest BCUT2D eigenvalue weighted by Crippen LogP contribution is 2.31. The molecule has 0 aliphatic carbocycles. The Kier molecular flexibility index (Phi) is 4.47. The molecular weight excluding hydrogens is 369 g/mol. The summed E-state index contributed by atoms with van der Waals surface area (Å²) >= 11 is 0. The van der Waals surface area contributed by atoms with E-state index in [9.17, 15) is 21.6 Å². The van der Waals surface area contributed by atoms with E-state index >= 15 is 0 Å². The Balaban J connectivity index is 2.34. The number of pyridine rings is 2. The van der Waals surface area contributed by atoms with Gasteiger partial charge in [-0.05, 0) is 30.7 Å². The molecule has 0 saturated carbocycles. The summed E-state index contributed by atoms with van der Waals surface area (Å²) in [5, 5.41) is 0. The molecule has 0 unspecified atom stereocenters. The van der Waals surface area contributed by atoms with Crippen LogP contribution in [0.1, 0.15) is 12.5 Å². The summed E-state index contributed by atoms with van der Waals surface area (Å²) in [6.07, 6.45) is -1.78. The molecule has 0 saturated heterocycles. The van der Waals surface area contributed by atoms with Crippen LogP contribution in [-0.4, -0.2) is 39.9 Å². The van der Waals surface area contributed by atoms with Crippen LogP contribution >= 0.6 is 0 Å². The number of rotatable bonds is 4. The molecule has 26 heavy (non-hydrogen) atoms. The maximum atomic E-state index is 13.1. The molecule has 0 aromatic carbocycles. The van der Waals surface area contributed by atoms with Crippen LogP contribution < -0.4 is 0 Å². The molecule has 3 aromatic heterocycles. The van der Waals surface area contributed by atoms with E-state index < -0.39 is 22.6 Å². The molecule has 10 heteroatoms. The van der Waals surface area contributed by atoms with Crippen molar-refractivity contribution in [2.45, 2.75) is 31.5 Å². The van der Waals surface area contributed by atoms with Crippen molar-refractivity contribution in [1.82, 2.24) is 19.5 Å². The Morgan fingerprint density at radius 1 is 1.23 bits per heavy atom. The zero-order chi connectivity index (χ0) is 19.1. The number of fused-ring (bicyclic) bond motifs is 1. The molecule has 0 atom stereocenters. The van der Waals surface area contributed by atoms with Crippen LogP contribution in [0.4, 0.5) is 13.2 Å². The first-order chi connectivity index (χ1) is 12.1. The monoisotopic (exact) mass is 384 g/mol. The molecule has 0 spiro atoms. The van der Waals surface area contributed by atoms with Crippen molar-refractivity contribution in [2.24, 2.45) is 0 Å². The summed E-state index contributed by atoms with van der Waals surface area (Å²) in [5.74, 6) is -0.384. The number of hydrogen-bond donors (Lipinski definition) is 0. The van der Waals surface area contributed by atoms with E-state index in [-0.39, 0.29) is 33.3 Å². The van der Waals surface area contributed by atoms with Crippen LogP contribution in [0.25, 0.3) is 22.7 Å². The molecule has 3 rings (SSSR count). The summed E-state index contributed by atoms with van der Waals surface area (Å²) in [7, 11) is -3.70. The molecule has 0 N–H and O–H groups in total. The number of sulfone groups is 1. The number of halogens is 3. The van der Waals surface area contributed by atoms with Gasteiger partial charge in [0.2, 0.25) is 0 Å². The number of nitrogens with zero attached hydrogens (tertiary/aromatic N) is 4. The van der Waals surface area contributed by atoms with E-state index in [0.717, 1.165) is 10.1 Å². The van der Waals surface area contributed by atoms with E-state index in [0.29, 0.717) is 0 Å². The van der Waals surface area contributed by atoms with Gasteiger partial charge in [-0.3, -0.25) is 9.55 Å². The third-order valence-corrected chi connectivity index (χ3v) is 5.52. The standard InChI is InChI=1S/C16H15F3N4O2S/c1-3-26(24,25)12-5-4-6-20-13(12)15-22-11-7-10(2)8-21-14(11)23(15)9-16(17,18)19/h4-8H,3,9H2,1-2H3. The fraction of sp³-hybridized carbons (Fsp3) is 0.312. The first-order valence-corrected chi connectivity index (χ1v) is 9.35. The van der Waals surface area contributed by atoms with Crippen LogP contribution in [0.2, 0.25) is 0 Å². The number of alkyl halides is 3. The largest absolute Gasteiger partial charge is 0.406 e. The molecular formula is C16H15F3N4O2S. The minimum absolute atomic E-state index is 0.0217. The molecule has 0 bridgehead atoms. The highest BCUT2D eigenvalue weighted by atomic mass is 32.2. The third kappa shape index (κ3) is 3.41. The molecule has 0 aliphatic rings. The van der Waals surface area contributed by atoms with Gasteiger partial charge < -0.3 is 0 Å². The topological polar surface area (TPSA) is 77.7 Å². The van der Waals surface area contributed by atoms with Crippen LogP contribution in [0.5, 0.6) is 0 Å². The molecule has 3 aromatic rings. The quantitative estimate of drug-likeness (QED) is 0.691. The van der Waals surface area contributed by atoms with Crippen molar-refractivity contribution < 1.29 is 21.6 Å². The van der Waals surface area contributed by atoms with Crippen molar-refractivity contribution in [3.8, 4) is 11.5 Å². The van der Waals surface area contributed by atoms with Crippen LogP contribution in [0, 0.1) is 6.92 Å². The zero-order valence-corrected chi connectivity index (χ0v) is 14.8. The van der Waals surface area contributed by atoms with E-state index in [4.69, 9.17) is 0 Å². The van der Waals surface area contributed by atoms with Crippen LogP contribution in [0.15, 0.2) is 35.5 Å². The van der Waals surface area contributed by atoms with E-state index in [1.54, 1.807) is 13.0 Å². The average molecular weight is 384 g/mol. The van der Waals surface area contributed by atoms with Crippen LogP contribution in [-0.2, 0) is 16.4 Å². The van der Waals surface area contributed by atoms with Crippen LogP contribution in [0.3, 0.4) is 0 Å². The lowest BCUT2D eigenvalue weighted by Crippen LogP contribution is -2.19. The van der Waals surface area contributed by atoms with Gasteiger partial charge in [0.15, 0.2) is 21.3 Å². The number of hydrogen-bond acceptors (Lipinski definition) is 5. The Bertz CT molecular complexity index is 1070. The second-order valence-electron chi connectivity index (χ2n) is 5.75. The average Bonchev–Trinajstić information content (AvgIpc) is 2.90. The SMILES string of the molecule is CCS(=O)(=O)c1cccnc1-c1nc2cc(C)cnc2n1CC(F)(F)F. The van der Waals surface area contributed by atoms with Gasteiger partial charge >= 0.3 is 6.18 Å². The van der Waals surface area contributed by atoms with Crippen molar-refractivity contribution >= 4 is 21.0 Å². The van der Waals surface area contributed by atoms with Gasteiger partial charge in [0.1, 0.15) is 17.8 Å². The lowest BCUT2D eigenvalue weighted by Gasteiger charge is -2.13. The Hall–Kier alpha value is -2.49. The Morgan fingerprint density at radius 2 is 1.96 bits per heavy atom. The zero-order valence-electron chi connectivity index (χ0n) is 13.9. The second-order valence-corrected chi connectivity index (χ2v) is 7.99. The van der Waals surface area contributed by atoms with E-state index in [1.165, 1.54) is 31.5 Å². The molecule has 0 aliphatic heterocycles. The van der Waals surface area contributed by atoms with Crippen molar-refractivity contribution in [1.29, 1.82) is 0 Å². The first-order valence-electron chi connectivity index (χ1n) is 7.70. The van der Waals surface area contributed by atoms with E-state index in [1.807, 2.05) is 0 Å². The van der Waals surface area contributed by atoms with Gasteiger partial charge in [0.05, 0.1) is 10.6 Å². The van der Waals surface area contributed by atoms with Crippen molar-refractivity contribution in [3.63, 3.8) is 0 Å². The highest BCUT2D eigenvalue weighted by Gasteiger charge is 2.32. The third-order valence-electron chi connectivity index (χ3n) is 3.76. The Labute approximate surface area is 147 Å². The summed E-state index contributed by atoms with van der Waals surface area (Å²) in [4.78, 5) is 12.1. The second kappa shape index (κ2) is 6.35. The normalized spacial score (nSPS) is 12.7. The smallest absolute Gasteiger partial charge is 0.298 e. The molecule has 6 nitrogen and oxygen atoms in total. The van der Waals surface area contributed by atoms with Gasteiger partial charge in [-0.2, -0.15) is 13.2 Å². The molecule has 0 radical (unpaired) electrons. The Morgan fingerprint density at radius 3 is 2.62 bits per heavy atom. The lowest BCUT2D eigenvalue weighted by molar-refractivity contribution is -0.139. The number of imidazole rings is 1. The summed E-state index contributed by atoms with van der Waals surface area (Å²) < 4.78 is 64.9. The fourth-order valence-electron chi connectivity index (χ4n) is 2.59. The number of aromatic nitrogens is 4. The maximum Gasteiger partial charge on any atom is 0.406 e. The minimum Gasteiger partial charge on any atom is -0.298 e. The van der Waals surface area contributed by atoms with Crippen molar-refractivity contribution in [2.75, 3.05) is 5.75 Å². The summed E-state index contributed by atoms with van der Waals surface area (Å²) in [6, 6.07) is 4.33. The van der Waals surface area contributed by atoms with Gasteiger partial charge in [-0.15, -0.1) is 0 Å². The predicted octanol–water partition coefficient (Wildman–Crippen LogP) is 3.16. The van der Waals surface area contributed by atoms with Gasteiger partial charge in [0, 0.05) is 12.4 Å². The van der Waals surface area contributed by atoms with Gasteiger partial charge in [0.25, 0.3) is 0 Å². The molecule has 0 amide bonds. The van der Waals surface area contributed by atoms with Crippen molar-refractivity contribution in [3.05, 3.63) is 36.2 Å². The molecule has 138 valence electrons. The lowest BCUT2D eigenvalue weighted by atomic mass is 10.3. The summed E-state index contributed by atoms with van der Waals surface area (Å²) in [6.45, 7) is 1.84. The maximum absolute atomic E-state index is 13.1. The minimum atomic E-state index is -4.53. The summed E-state index contributed by atoms with van der Waals surface area (Å²) in [5.41, 5.74) is 0.876. The van der Waals surface area contributed by atoms with Gasteiger partial charge in [-0.1, -0.05) is 6.92 Å². The molecule has 3 heterocycles. The first kappa shape index (κ1) is 18.3. The van der Waals surface area contributed by atoms with E-state index in [2.05, 4.69) is 15.0 Å². The highest BCUT2D eigenvalue weighted by molar-refractivity contribution is 7.91. The fourth-order valence-corrected chi connectivity index (χ4v) is 3.62. The number of aryl methyl sites for hydroxylation is 1. The predicted molar refractivity (Wildman–Crippen MR) is 89.3 cm³/mol.